The van der Waals surface area contributed by atoms with E-state index in [1.807, 2.05) is 11.8 Å². The zero-order chi connectivity index (χ0) is 12.2. The molecule has 3 atom stereocenters. The molecule has 0 saturated heterocycles. The first-order valence-corrected chi connectivity index (χ1v) is 7.23. The Balaban J connectivity index is 2.42. The van der Waals surface area contributed by atoms with Crippen molar-refractivity contribution in [2.24, 2.45) is 17.4 Å². The first-order chi connectivity index (χ1) is 7.48. The maximum Gasteiger partial charge on any atom is 0.237 e. The summed E-state index contributed by atoms with van der Waals surface area (Å²) in [6.45, 7) is 4.47. The Morgan fingerprint density at radius 3 is 2.88 bits per heavy atom. The lowest BCUT2D eigenvalue weighted by molar-refractivity contribution is -0.124. The van der Waals surface area contributed by atoms with E-state index in [1.54, 1.807) is 0 Å². The van der Waals surface area contributed by atoms with Gasteiger partial charge in [0.05, 0.1) is 5.54 Å². The van der Waals surface area contributed by atoms with Crippen LogP contribution in [0, 0.1) is 5.92 Å². The molecule has 0 radical (unpaired) electrons. The second-order valence-electron chi connectivity index (χ2n) is 5.09. The second kappa shape index (κ2) is 5.92. The molecule has 1 saturated carbocycles. The van der Waals surface area contributed by atoms with Crippen LogP contribution in [0.4, 0.5) is 0 Å². The van der Waals surface area contributed by atoms with E-state index in [9.17, 15) is 4.79 Å². The zero-order valence-electron chi connectivity index (χ0n) is 10.4. The summed E-state index contributed by atoms with van der Waals surface area (Å²) in [4.78, 5) is 11.3. The Hall–Kier alpha value is -0.220. The van der Waals surface area contributed by atoms with Crippen molar-refractivity contribution < 1.29 is 4.79 Å². The van der Waals surface area contributed by atoms with Gasteiger partial charge in [0.1, 0.15) is 0 Å². The number of primary amides is 1. The summed E-state index contributed by atoms with van der Waals surface area (Å²) in [5, 5.41) is 0.514. The lowest BCUT2D eigenvalue weighted by Crippen LogP contribution is -2.55. The van der Waals surface area contributed by atoms with Gasteiger partial charge in [-0.05, 0) is 37.4 Å². The van der Waals surface area contributed by atoms with Crippen molar-refractivity contribution in [1.29, 1.82) is 0 Å². The Bertz CT molecular complexity index is 247. The van der Waals surface area contributed by atoms with Crippen molar-refractivity contribution >= 4 is 17.7 Å². The molecule has 1 aliphatic rings. The number of thioether (sulfide) groups is 1. The fourth-order valence-corrected chi connectivity index (χ4v) is 3.62. The summed E-state index contributed by atoms with van der Waals surface area (Å²) in [7, 11) is 0. The number of nitrogens with two attached hydrogens (primary N) is 2. The van der Waals surface area contributed by atoms with Gasteiger partial charge in [0, 0.05) is 5.25 Å². The molecule has 0 aliphatic heterocycles. The van der Waals surface area contributed by atoms with Gasteiger partial charge in [-0.25, -0.2) is 0 Å². The van der Waals surface area contributed by atoms with Gasteiger partial charge in [-0.2, -0.15) is 11.8 Å². The van der Waals surface area contributed by atoms with Crippen LogP contribution in [-0.4, -0.2) is 22.4 Å². The quantitative estimate of drug-likeness (QED) is 0.776. The van der Waals surface area contributed by atoms with Gasteiger partial charge in [-0.15, -0.1) is 0 Å². The third kappa shape index (κ3) is 3.67. The molecular weight excluding hydrogens is 220 g/mol. The number of hydrogen-bond donors (Lipinski definition) is 2. The molecule has 0 aromatic carbocycles. The van der Waals surface area contributed by atoms with E-state index < -0.39 is 5.54 Å². The Labute approximate surface area is 103 Å². The summed E-state index contributed by atoms with van der Waals surface area (Å²) in [5.74, 6) is 1.57. The van der Waals surface area contributed by atoms with E-state index >= 15 is 0 Å². The fourth-order valence-electron chi connectivity index (χ4n) is 2.04. The van der Waals surface area contributed by atoms with E-state index in [2.05, 4.69) is 13.8 Å². The third-order valence-corrected chi connectivity index (χ3v) is 5.18. The lowest BCUT2D eigenvalue weighted by atomic mass is 9.82. The van der Waals surface area contributed by atoms with Crippen LogP contribution in [0.15, 0.2) is 0 Å². The zero-order valence-corrected chi connectivity index (χ0v) is 11.2. The highest BCUT2D eigenvalue weighted by Gasteiger charge is 2.37. The minimum atomic E-state index is -0.745. The van der Waals surface area contributed by atoms with Gasteiger partial charge >= 0.3 is 0 Å². The van der Waals surface area contributed by atoms with E-state index in [4.69, 9.17) is 11.5 Å². The van der Waals surface area contributed by atoms with Crippen molar-refractivity contribution in [2.75, 3.05) is 5.75 Å². The minimum Gasteiger partial charge on any atom is -0.368 e. The molecule has 4 heteroatoms. The van der Waals surface area contributed by atoms with Crippen molar-refractivity contribution in [1.82, 2.24) is 0 Å². The Morgan fingerprint density at radius 2 is 2.31 bits per heavy atom. The molecule has 3 nitrogen and oxygen atoms in total. The molecule has 0 aromatic heterocycles. The highest BCUT2D eigenvalue weighted by atomic mass is 32.2. The third-order valence-electron chi connectivity index (χ3n) is 3.55. The highest BCUT2D eigenvalue weighted by Crippen LogP contribution is 2.34. The van der Waals surface area contributed by atoms with Gasteiger partial charge in [0.2, 0.25) is 5.91 Å². The molecule has 3 unspecified atom stereocenters. The van der Waals surface area contributed by atoms with Crippen LogP contribution in [0.1, 0.15) is 46.0 Å². The van der Waals surface area contributed by atoms with Gasteiger partial charge in [0.25, 0.3) is 0 Å². The molecule has 0 spiro atoms. The first kappa shape index (κ1) is 13.8. The summed E-state index contributed by atoms with van der Waals surface area (Å²) < 4.78 is 0. The van der Waals surface area contributed by atoms with Gasteiger partial charge < -0.3 is 11.5 Å². The van der Waals surface area contributed by atoms with E-state index in [1.165, 1.54) is 12.8 Å². The normalized spacial score (nSPS) is 32.3. The molecular formula is C12H24N2OS. The monoisotopic (exact) mass is 244 g/mol. The van der Waals surface area contributed by atoms with Crippen LogP contribution in [-0.2, 0) is 4.79 Å². The molecule has 1 amide bonds. The average molecular weight is 244 g/mol. The SMILES string of the molecule is CCC(C)CSC1CCCC(N)(C(N)=O)C1. The van der Waals surface area contributed by atoms with Crippen LogP contribution in [0.2, 0.25) is 0 Å². The predicted molar refractivity (Wildman–Crippen MR) is 70.3 cm³/mol. The number of carbonyl (C=O) groups excluding carboxylic acids is 1. The Morgan fingerprint density at radius 1 is 1.62 bits per heavy atom. The molecule has 0 bridgehead atoms. The van der Waals surface area contributed by atoms with Crippen molar-refractivity contribution in [3.63, 3.8) is 0 Å². The molecule has 16 heavy (non-hydrogen) atoms. The summed E-state index contributed by atoms with van der Waals surface area (Å²) in [6.07, 6.45) is 4.92. The minimum absolute atomic E-state index is 0.332. The highest BCUT2D eigenvalue weighted by molar-refractivity contribution is 7.99. The maximum absolute atomic E-state index is 11.3. The van der Waals surface area contributed by atoms with Crippen molar-refractivity contribution in [3.8, 4) is 0 Å². The van der Waals surface area contributed by atoms with Crippen LogP contribution in [0.5, 0.6) is 0 Å². The molecule has 1 fully saturated rings. The smallest absolute Gasteiger partial charge is 0.237 e. The van der Waals surface area contributed by atoms with Crippen LogP contribution in [0.3, 0.4) is 0 Å². The molecule has 1 aliphatic carbocycles. The van der Waals surface area contributed by atoms with E-state index in [-0.39, 0.29) is 5.91 Å². The van der Waals surface area contributed by atoms with Crippen LogP contribution < -0.4 is 11.5 Å². The molecule has 94 valence electrons. The predicted octanol–water partition coefficient (Wildman–Crippen LogP) is 1.89. The topological polar surface area (TPSA) is 69.1 Å². The molecule has 0 heterocycles. The van der Waals surface area contributed by atoms with Crippen LogP contribution >= 0.6 is 11.8 Å². The lowest BCUT2D eigenvalue weighted by Gasteiger charge is -2.35. The number of rotatable bonds is 5. The summed E-state index contributed by atoms with van der Waals surface area (Å²) in [5.41, 5.74) is 10.7. The van der Waals surface area contributed by atoms with E-state index in [0.29, 0.717) is 5.25 Å². The summed E-state index contributed by atoms with van der Waals surface area (Å²) >= 11 is 1.96. The first-order valence-electron chi connectivity index (χ1n) is 6.18. The standard InChI is InChI=1S/C12H24N2OS/c1-3-9(2)8-16-10-5-4-6-12(14,7-10)11(13)15/h9-10H,3-8,14H2,1-2H3,(H2,13,15). The number of hydrogen-bond acceptors (Lipinski definition) is 3. The van der Waals surface area contributed by atoms with Crippen molar-refractivity contribution in [3.05, 3.63) is 0 Å². The average Bonchev–Trinajstić information content (AvgIpc) is 2.26. The largest absolute Gasteiger partial charge is 0.368 e. The second-order valence-corrected chi connectivity index (χ2v) is 6.42. The molecule has 4 N–H and O–H groups in total. The Kier molecular flexibility index (Phi) is 5.12. The maximum atomic E-state index is 11.3. The van der Waals surface area contributed by atoms with Crippen LogP contribution in [0.25, 0.3) is 0 Å². The number of carbonyl (C=O) groups is 1. The van der Waals surface area contributed by atoms with Gasteiger partial charge in [0.15, 0.2) is 0 Å². The fraction of sp³-hybridized carbons (Fsp3) is 0.917. The molecule has 1 rings (SSSR count). The van der Waals surface area contributed by atoms with Gasteiger partial charge in [-0.3, -0.25) is 4.79 Å². The molecule has 0 aromatic rings. The van der Waals surface area contributed by atoms with Gasteiger partial charge in [-0.1, -0.05) is 20.3 Å². The number of amides is 1. The van der Waals surface area contributed by atoms with E-state index in [0.717, 1.165) is 30.9 Å². The van der Waals surface area contributed by atoms with Crippen molar-refractivity contribution in [2.45, 2.75) is 56.7 Å². The summed E-state index contributed by atoms with van der Waals surface area (Å²) in [6, 6.07) is 0.